The summed E-state index contributed by atoms with van der Waals surface area (Å²) in [6.07, 6.45) is 1.89. The third-order valence-electron chi connectivity index (χ3n) is 5.31. The van der Waals surface area contributed by atoms with Crippen LogP contribution in [0.5, 0.6) is 28.7 Å². The van der Waals surface area contributed by atoms with Crippen LogP contribution >= 0.6 is 12.2 Å². The first-order valence-corrected chi connectivity index (χ1v) is 11.4. The number of methoxy groups -OCH3 is 3. The maximum Gasteiger partial charge on any atom is 0.230 e. The van der Waals surface area contributed by atoms with E-state index in [0.717, 1.165) is 10.9 Å². The summed E-state index contributed by atoms with van der Waals surface area (Å²) in [6.45, 7) is 0. The van der Waals surface area contributed by atoms with Crippen molar-refractivity contribution in [1.29, 1.82) is 0 Å². The van der Waals surface area contributed by atoms with E-state index in [-0.39, 0.29) is 17.4 Å². The quantitative estimate of drug-likeness (QED) is 0.321. The molecule has 184 valence electrons. The lowest BCUT2D eigenvalue weighted by molar-refractivity contribution is -0.119. The van der Waals surface area contributed by atoms with Crippen molar-refractivity contribution in [3.8, 4) is 28.7 Å². The molecule has 0 aliphatic heterocycles. The van der Waals surface area contributed by atoms with Crippen LogP contribution in [0.1, 0.15) is 5.56 Å². The van der Waals surface area contributed by atoms with Gasteiger partial charge in [-0.1, -0.05) is 30.3 Å². The van der Waals surface area contributed by atoms with Crippen molar-refractivity contribution in [1.82, 2.24) is 10.3 Å². The Kier molecular flexibility index (Phi) is 7.82. The number of amides is 1. The van der Waals surface area contributed by atoms with E-state index >= 15 is 0 Å². The molecule has 2 N–H and O–H groups in total. The van der Waals surface area contributed by atoms with E-state index in [2.05, 4.69) is 15.6 Å². The zero-order valence-electron chi connectivity index (χ0n) is 20.0. The first-order chi connectivity index (χ1) is 17.5. The second-order valence-corrected chi connectivity index (χ2v) is 8.07. The molecule has 0 aliphatic carbocycles. The largest absolute Gasteiger partial charge is 0.493 e. The third kappa shape index (κ3) is 5.81. The Hall–Kier alpha value is -4.37. The molecule has 1 heterocycles. The van der Waals surface area contributed by atoms with E-state index in [9.17, 15) is 4.79 Å². The summed E-state index contributed by atoms with van der Waals surface area (Å²) in [4.78, 5) is 16.7. The molecule has 9 heteroatoms. The molecule has 0 bridgehead atoms. The Morgan fingerprint density at radius 3 is 2.25 bits per heavy atom. The fraction of sp³-hybridized carbons (Fsp3) is 0.148. The average molecular weight is 504 g/mol. The van der Waals surface area contributed by atoms with Crippen molar-refractivity contribution in [2.75, 3.05) is 26.6 Å². The van der Waals surface area contributed by atoms with Crippen LogP contribution in [0.15, 0.2) is 72.9 Å². The number of rotatable bonds is 8. The fourth-order valence-electron chi connectivity index (χ4n) is 3.60. The fourth-order valence-corrected chi connectivity index (χ4v) is 3.83. The van der Waals surface area contributed by atoms with E-state index < -0.39 is 0 Å². The highest BCUT2D eigenvalue weighted by Crippen LogP contribution is 2.39. The number of hydrogen-bond acceptors (Lipinski definition) is 7. The van der Waals surface area contributed by atoms with Gasteiger partial charge in [0.2, 0.25) is 5.91 Å². The highest BCUT2D eigenvalue weighted by molar-refractivity contribution is 7.80. The van der Waals surface area contributed by atoms with Gasteiger partial charge in [-0.05, 0) is 42.0 Å². The zero-order valence-corrected chi connectivity index (χ0v) is 20.8. The number of pyridine rings is 1. The Morgan fingerprint density at radius 2 is 1.53 bits per heavy atom. The van der Waals surface area contributed by atoms with Crippen molar-refractivity contribution >= 4 is 39.8 Å². The summed E-state index contributed by atoms with van der Waals surface area (Å²) < 4.78 is 22.5. The highest BCUT2D eigenvalue weighted by atomic mass is 32.1. The summed E-state index contributed by atoms with van der Waals surface area (Å²) in [7, 11) is 4.69. The predicted octanol–water partition coefficient (Wildman–Crippen LogP) is 5.11. The normalized spacial score (nSPS) is 10.4. The number of carbonyl (C=O) groups excluding carboxylic acids is 1. The van der Waals surface area contributed by atoms with Crippen molar-refractivity contribution in [3.05, 3.63) is 78.5 Å². The van der Waals surface area contributed by atoms with Crippen LogP contribution in [0.4, 0.5) is 5.69 Å². The van der Waals surface area contributed by atoms with Crippen molar-refractivity contribution in [3.63, 3.8) is 0 Å². The Balaban J connectivity index is 1.49. The van der Waals surface area contributed by atoms with Gasteiger partial charge in [0.15, 0.2) is 28.1 Å². The van der Waals surface area contributed by atoms with Crippen molar-refractivity contribution < 1.29 is 23.7 Å². The molecular formula is C27H25N3O5S. The molecule has 3 aromatic carbocycles. The second-order valence-electron chi connectivity index (χ2n) is 7.67. The van der Waals surface area contributed by atoms with Crippen LogP contribution in [0.25, 0.3) is 10.9 Å². The summed E-state index contributed by atoms with van der Waals surface area (Å²) in [5.41, 5.74) is 2.23. The molecular weight excluding hydrogens is 478 g/mol. The van der Waals surface area contributed by atoms with Crippen molar-refractivity contribution in [2.45, 2.75) is 6.42 Å². The number of aromatic nitrogens is 1. The number of ether oxygens (including phenoxy) is 4. The lowest BCUT2D eigenvalue weighted by Gasteiger charge is -2.15. The van der Waals surface area contributed by atoms with Gasteiger partial charge < -0.3 is 29.6 Å². The summed E-state index contributed by atoms with van der Waals surface area (Å²) >= 11 is 5.30. The van der Waals surface area contributed by atoms with Gasteiger partial charge in [-0.25, -0.2) is 0 Å². The van der Waals surface area contributed by atoms with E-state index in [1.54, 1.807) is 57.9 Å². The lowest BCUT2D eigenvalue weighted by Crippen LogP contribution is -2.35. The van der Waals surface area contributed by atoms with Gasteiger partial charge in [0.05, 0.1) is 33.3 Å². The van der Waals surface area contributed by atoms with Crippen LogP contribution < -0.4 is 29.6 Å². The van der Waals surface area contributed by atoms with Crippen LogP contribution in [-0.2, 0) is 11.2 Å². The Bertz CT molecular complexity index is 1400. The van der Waals surface area contributed by atoms with Crippen molar-refractivity contribution in [2.24, 2.45) is 0 Å². The number of benzene rings is 3. The molecule has 0 aliphatic rings. The maximum absolute atomic E-state index is 12.3. The Labute approximate surface area is 214 Å². The number of carbonyl (C=O) groups is 1. The highest BCUT2D eigenvalue weighted by Gasteiger charge is 2.14. The minimum atomic E-state index is -0.206. The third-order valence-corrected chi connectivity index (χ3v) is 5.51. The zero-order chi connectivity index (χ0) is 25.5. The smallest absolute Gasteiger partial charge is 0.230 e. The van der Waals surface area contributed by atoms with Gasteiger partial charge >= 0.3 is 0 Å². The molecule has 0 spiro atoms. The monoisotopic (exact) mass is 503 g/mol. The molecule has 1 amide bonds. The molecule has 0 radical (unpaired) electrons. The van der Waals surface area contributed by atoms with Crippen LogP contribution in [-0.4, -0.2) is 37.3 Å². The van der Waals surface area contributed by atoms with Gasteiger partial charge in [-0.2, -0.15) is 0 Å². The summed E-state index contributed by atoms with van der Waals surface area (Å²) in [5, 5.41) is 6.63. The average Bonchev–Trinajstić information content (AvgIpc) is 2.89. The van der Waals surface area contributed by atoms with E-state index in [1.165, 1.54) is 0 Å². The minimum absolute atomic E-state index is 0.188. The standard InChI is InChI=1S/C27H25N3O5S/c1-32-23-14-18(29-27(36)30-26(31)13-17-7-5-4-6-8-17)9-10-22(23)35-21-11-12-28-20-16-25(34-3)24(33-2)15-19(20)21/h4-12,14-16H,13H2,1-3H3,(H2,29,30,31,36). The predicted molar refractivity (Wildman–Crippen MR) is 142 cm³/mol. The molecule has 1 aromatic heterocycles. The Morgan fingerprint density at radius 1 is 0.833 bits per heavy atom. The number of thiocarbonyl (C=S) groups is 1. The van der Waals surface area contributed by atoms with E-state index in [4.69, 9.17) is 31.2 Å². The molecule has 8 nitrogen and oxygen atoms in total. The minimum Gasteiger partial charge on any atom is -0.493 e. The number of nitrogens with zero attached hydrogens (tertiary/aromatic N) is 1. The molecule has 4 aromatic rings. The van der Waals surface area contributed by atoms with Crippen LogP contribution in [0, 0.1) is 0 Å². The van der Waals surface area contributed by atoms with Gasteiger partial charge in [-0.3, -0.25) is 9.78 Å². The number of hydrogen-bond donors (Lipinski definition) is 2. The first-order valence-electron chi connectivity index (χ1n) is 11.0. The molecule has 36 heavy (non-hydrogen) atoms. The van der Waals surface area contributed by atoms with Gasteiger partial charge in [0, 0.05) is 29.4 Å². The molecule has 0 atom stereocenters. The van der Waals surface area contributed by atoms with Gasteiger partial charge in [0.25, 0.3) is 0 Å². The van der Waals surface area contributed by atoms with Gasteiger partial charge in [0.1, 0.15) is 5.75 Å². The second kappa shape index (κ2) is 11.4. The maximum atomic E-state index is 12.3. The molecule has 0 unspecified atom stereocenters. The molecule has 0 saturated heterocycles. The topological polar surface area (TPSA) is 90.9 Å². The van der Waals surface area contributed by atoms with Crippen LogP contribution in [0.2, 0.25) is 0 Å². The summed E-state index contributed by atoms with van der Waals surface area (Å²) in [6, 6.07) is 20.1. The molecule has 0 saturated carbocycles. The summed E-state index contributed by atoms with van der Waals surface area (Å²) in [5.74, 6) is 2.48. The SMILES string of the molecule is COc1cc2nccc(Oc3ccc(NC(=S)NC(=O)Cc4ccccc4)cc3OC)c2cc1OC. The van der Waals surface area contributed by atoms with Gasteiger partial charge in [-0.15, -0.1) is 0 Å². The van der Waals surface area contributed by atoms with E-state index in [0.29, 0.717) is 40.0 Å². The van der Waals surface area contributed by atoms with Crippen LogP contribution in [0.3, 0.4) is 0 Å². The van der Waals surface area contributed by atoms with E-state index in [1.807, 2.05) is 36.4 Å². The molecule has 4 rings (SSSR count). The number of anilines is 1. The molecule has 0 fully saturated rings. The lowest BCUT2D eigenvalue weighted by atomic mass is 10.1. The first kappa shape index (κ1) is 24.7. The number of fused-ring (bicyclic) bond motifs is 1. The number of nitrogens with one attached hydrogen (secondary N) is 2.